The van der Waals surface area contributed by atoms with Gasteiger partial charge in [0.25, 0.3) is 0 Å². The summed E-state index contributed by atoms with van der Waals surface area (Å²) in [6, 6.07) is 0. The van der Waals surface area contributed by atoms with E-state index in [4.69, 9.17) is 0 Å². The molecule has 30 heavy (non-hydrogen) atoms. The summed E-state index contributed by atoms with van der Waals surface area (Å²) >= 11 is 0. The molecule has 1 aliphatic carbocycles. The topological polar surface area (TPSA) is 68.3 Å². The van der Waals surface area contributed by atoms with Gasteiger partial charge in [-0.2, -0.15) is 0 Å². The van der Waals surface area contributed by atoms with E-state index < -0.39 is 28.3 Å². The molecule has 1 saturated carbocycles. The van der Waals surface area contributed by atoms with E-state index >= 15 is 0 Å². The second-order valence-electron chi connectivity index (χ2n) is 9.11. The van der Waals surface area contributed by atoms with E-state index in [1.165, 1.54) is 38.5 Å². The number of hydrogen-bond acceptors (Lipinski definition) is 4. The van der Waals surface area contributed by atoms with Gasteiger partial charge in [-0.3, -0.25) is 19.2 Å². The predicted octanol–water partition coefficient (Wildman–Crippen LogP) is 6.43. The molecule has 0 unspecified atom stereocenters. The molecule has 0 aromatic heterocycles. The molecule has 0 aromatic rings. The first-order valence-corrected chi connectivity index (χ1v) is 12.5. The van der Waals surface area contributed by atoms with E-state index in [1.807, 2.05) is 27.7 Å². The number of hydrogen-bond donors (Lipinski definition) is 0. The van der Waals surface area contributed by atoms with E-state index in [0.29, 0.717) is 25.7 Å². The van der Waals surface area contributed by atoms with Crippen molar-refractivity contribution in [2.24, 2.45) is 16.7 Å². The van der Waals surface area contributed by atoms with Gasteiger partial charge in [0.05, 0.1) is 10.8 Å². The summed E-state index contributed by atoms with van der Waals surface area (Å²) in [6.45, 7) is 9.52. The van der Waals surface area contributed by atoms with Crippen LogP contribution in [0.5, 0.6) is 0 Å². The third kappa shape index (κ3) is 5.29. The average molecular weight is 421 g/mol. The van der Waals surface area contributed by atoms with E-state index in [0.717, 1.165) is 19.3 Å². The van der Waals surface area contributed by atoms with Crippen molar-refractivity contribution < 1.29 is 19.2 Å². The van der Waals surface area contributed by atoms with Crippen LogP contribution in [0.2, 0.25) is 0 Å². The number of unbranched alkanes of at least 4 members (excludes halogenated alkanes) is 8. The highest BCUT2D eigenvalue weighted by Gasteiger charge is 2.64. The van der Waals surface area contributed by atoms with Crippen LogP contribution in [0.3, 0.4) is 0 Å². The molecule has 0 radical (unpaired) electrons. The maximum absolute atomic E-state index is 13.4. The van der Waals surface area contributed by atoms with Crippen LogP contribution in [-0.4, -0.2) is 23.1 Å². The van der Waals surface area contributed by atoms with Gasteiger partial charge in [0, 0.05) is 6.42 Å². The molecular weight excluding hydrogens is 376 g/mol. The fourth-order valence-electron chi connectivity index (χ4n) is 5.24. The van der Waals surface area contributed by atoms with Crippen LogP contribution in [-0.2, 0) is 19.2 Å². The Bertz CT molecular complexity index is 562. The van der Waals surface area contributed by atoms with Gasteiger partial charge in [-0.05, 0) is 32.1 Å². The zero-order valence-corrected chi connectivity index (χ0v) is 20.1. The van der Waals surface area contributed by atoms with E-state index in [2.05, 4.69) is 6.92 Å². The van der Waals surface area contributed by atoms with Crippen molar-refractivity contribution in [2.45, 2.75) is 125 Å². The number of carbonyl (C=O) groups is 4. The van der Waals surface area contributed by atoms with Crippen molar-refractivity contribution in [1.82, 2.24) is 0 Å². The molecule has 0 amide bonds. The monoisotopic (exact) mass is 420 g/mol. The standard InChI is InChI=1S/C26H44O4/c1-6-11-12-13-14-15-16-17-18-19-20(27)21-22(28)25(7-2,8-3)24(30)26(9-4,10-5)23(21)29/h21H,6-19H2,1-5H3. The Morgan fingerprint density at radius 2 is 1.00 bits per heavy atom. The molecule has 0 N–H and O–H groups in total. The second-order valence-corrected chi connectivity index (χ2v) is 9.11. The Morgan fingerprint density at radius 1 is 0.633 bits per heavy atom. The van der Waals surface area contributed by atoms with Crippen LogP contribution in [0.4, 0.5) is 0 Å². The van der Waals surface area contributed by atoms with Gasteiger partial charge >= 0.3 is 0 Å². The first-order valence-electron chi connectivity index (χ1n) is 12.5. The summed E-state index contributed by atoms with van der Waals surface area (Å²) in [5.41, 5.74) is -2.36. The molecule has 0 atom stereocenters. The highest BCUT2D eigenvalue weighted by Crippen LogP contribution is 2.49. The van der Waals surface area contributed by atoms with Crippen molar-refractivity contribution >= 4 is 23.1 Å². The maximum atomic E-state index is 13.4. The average Bonchev–Trinajstić information content (AvgIpc) is 2.74. The second kappa shape index (κ2) is 12.5. The van der Waals surface area contributed by atoms with Crippen LogP contribution in [0.1, 0.15) is 125 Å². The Morgan fingerprint density at radius 3 is 1.37 bits per heavy atom. The lowest BCUT2D eigenvalue weighted by Gasteiger charge is -2.45. The zero-order chi connectivity index (χ0) is 22.8. The van der Waals surface area contributed by atoms with Gasteiger partial charge in [-0.25, -0.2) is 0 Å². The van der Waals surface area contributed by atoms with E-state index in [-0.39, 0.29) is 18.0 Å². The fourth-order valence-corrected chi connectivity index (χ4v) is 5.24. The molecule has 1 fully saturated rings. The molecule has 1 rings (SSSR count). The van der Waals surface area contributed by atoms with Crippen LogP contribution >= 0.6 is 0 Å². The smallest absolute Gasteiger partial charge is 0.164 e. The van der Waals surface area contributed by atoms with Gasteiger partial charge < -0.3 is 0 Å². The minimum absolute atomic E-state index is 0.243. The number of ketones is 4. The van der Waals surface area contributed by atoms with Crippen molar-refractivity contribution in [3.8, 4) is 0 Å². The van der Waals surface area contributed by atoms with Crippen molar-refractivity contribution in [1.29, 1.82) is 0 Å². The lowest BCUT2D eigenvalue weighted by Crippen LogP contribution is -2.62. The van der Waals surface area contributed by atoms with Crippen molar-refractivity contribution in [3.05, 3.63) is 0 Å². The van der Waals surface area contributed by atoms with Crippen LogP contribution in [0.25, 0.3) is 0 Å². The summed E-state index contributed by atoms with van der Waals surface area (Å²) < 4.78 is 0. The highest BCUT2D eigenvalue weighted by atomic mass is 16.2. The van der Waals surface area contributed by atoms with Gasteiger partial charge in [0.15, 0.2) is 23.1 Å². The molecule has 0 heterocycles. The summed E-state index contributed by atoms with van der Waals surface area (Å²) in [5, 5.41) is 0. The minimum atomic E-state index is -1.24. The van der Waals surface area contributed by atoms with Crippen molar-refractivity contribution in [2.75, 3.05) is 0 Å². The predicted molar refractivity (Wildman–Crippen MR) is 121 cm³/mol. The summed E-state index contributed by atoms with van der Waals surface area (Å²) in [4.78, 5) is 53.0. The number of Topliss-reactive ketones (excluding diaryl/α,β-unsaturated/α-hetero) is 4. The quantitative estimate of drug-likeness (QED) is 0.226. The molecule has 0 bridgehead atoms. The third-order valence-corrected chi connectivity index (χ3v) is 7.60. The summed E-state index contributed by atoms with van der Waals surface area (Å²) in [6.07, 6.45) is 12.0. The fraction of sp³-hybridized carbons (Fsp3) is 0.846. The highest BCUT2D eigenvalue weighted by molar-refractivity contribution is 6.35. The first-order chi connectivity index (χ1) is 14.3. The third-order valence-electron chi connectivity index (χ3n) is 7.60. The van der Waals surface area contributed by atoms with Gasteiger partial charge in [0.2, 0.25) is 0 Å². The Balaban J connectivity index is 2.78. The molecule has 0 aromatic carbocycles. The van der Waals surface area contributed by atoms with Crippen LogP contribution in [0, 0.1) is 16.7 Å². The number of carbonyl (C=O) groups excluding carboxylic acids is 4. The summed E-state index contributed by atoms with van der Waals surface area (Å²) in [5.74, 6) is -2.61. The zero-order valence-electron chi connectivity index (χ0n) is 20.1. The van der Waals surface area contributed by atoms with Crippen molar-refractivity contribution in [3.63, 3.8) is 0 Å². The Labute approximate surface area is 184 Å². The largest absolute Gasteiger partial charge is 0.298 e. The molecule has 1 aliphatic rings. The van der Waals surface area contributed by atoms with Gasteiger partial charge in [-0.1, -0.05) is 86.0 Å². The SMILES string of the molecule is CCCCCCCCCCCC(=O)C1C(=O)C(CC)(CC)C(=O)C(CC)(CC)C1=O. The Hall–Kier alpha value is -1.32. The maximum Gasteiger partial charge on any atom is 0.164 e. The lowest BCUT2D eigenvalue weighted by atomic mass is 9.52. The molecular formula is C26H44O4. The Kier molecular flexibility index (Phi) is 11.1. The molecule has 4 nitrogen and oxygen atoms in total. The van der Waals surface area contributed by atoms with Crippen LogP contribution in [0.15, 0.2) is 0 Å². The lowest BCUT2D eigenvalue weighted by molar-refractivity contribution is -0.166. The van der Waals surface area contributed by atoms with E-state index in [1.54, 1.807) is 0 Å². The normalized spacial score (nSPS) is 18.8. The number of rotatable bonds is 15. The van der Waals surface area contributed by atoms with Gasteiger partial charge in [-0.15, -0.1) is 0 Å². The van der Waals surface area contributed by atoms with E-state index in [9.17, 15) is 19.2 Å². The molecule has 4 heteroatoms. The van der Waals surface area contributed by atoms with Gasteiger partial charge in [0.1, 0.15) is 5.92 Å². The van der Waals surface area contributed by atoms with Crippen LogP contribution < -0.4 is 0 Å². The minimum Gasteiger partial charge on any atom is -0.298 e. The molecule has 0 spiro atoms. The summed E-state index contributed by atoms with van der Waals surface area (Å²) in [7, 11) is 0. The molecule has 172 valence electrons. The molecule has 0 saturated heterocycles. The first kappa shape index (κ1) is 26.7. The molecule has 0 aliphatic heterocycles.